The molecule has 1 atom stereocenters. The molecule has 2 aromatic rings. The summed E-state index contributed by atoms with van der Waals surface area (Å²) < 4.78 is 1.70. The van der Waals surface area contributed by atoms with Crippen LogP contribution >= 0.6 is 0 Å². The Hall–Kier alpha value is -2.14. The normalized spacial score (nSPS) is 12.4. The van der Waals surface area contributed by atoms with Gasteiger partial charge < -0.3 is 11.1 Å². The third kappa shape index (κ3) is 3.20. The van der Waals surface area contributed by atoms with Crippen LogP contribution in [-0.2, 0) is 4.79 Å². The Morgan fingerprint density at radius 2 is 2.00 bits per heavy atom. The van der Waals surface area contributed by atoms with Gasteiger partial charge in [0.15, 0.2) is 0 Å². The smallest absolute Gasteiger partial charge is 0.241 e. The average Bonchev–Trinajstić information content (AvgIpc) is 2.87. The number of hydrogen-bond acceptors (Lipinski definition) is 3. The number of nitrogens with one attached hydrogen (secondary N) is 1. The quantitative estimate of drug-likeness (QED) is 0.878. The highest BCUT2D eigenvalue weighted by molar-refractivity contribution is 5.94. The second kappa shape index (κ2) is 5.67. The van der Waals surface area contributed by atoms with Crippen molar-refractivity contribution in [3.05, 3.63) is 42.7 Å². The summed E-state index contributed by atoms with van der Waals surface area (Å²) in [6.07, 6.45) is 3.37. The largest absolute Gasteiger partial charge is 0.322 e. The van der Waals surface area contributed by atoms with E-state index in [0.717, 1.165) is 5.69 Å². The van der Waals surface area contributed by atoms with E-state index in [1.54, 1.807) is 17.1 Å². The molecule has 0 saturated carbocycles. The minimum atomic E-state index is -0.514. The Morgan fingerprint density at radius 1 is 1.32 bits per heavy atom. The molecule has 1 aromatic carbocycles. The van der Waals surface area contributed by atoms with Crippen LogP contribution < -0.4 is 11.1 Å². The molecule has 1 amide bonds. The summed E-state index contributed by atoms with van der Waals surface area (Å²) in [5.41, 5.74) is 7.37. The van der Waals surface area contributed by atoms with Gasteiger partial charge in [0, 0.05) is 0 Å². The third-order valence-electron chi connectivity index (χ3n) is 2.89. The third-order valence-corrected chi connectivity index (χ3v) is 2.89. The van der Waals surface area contributed by atoms with E-state index < -0.39 is 6.04 Å². The Kier molecular flexibility index (Phi) is 3.97. The Balaban J connectivity index is 2.08. The molecule has 19 heavy (non-hydrogen) atoms. The van der Waals surface area contributed by atoms with Gasteiger partial charge in [-0.1, -0.05) is 32.0 Å². The Morgan fingerprint density at radius 3 is 2.63 bits per heavy atom. The molecule has 5 heteroatoms. The standard InChI is InChI=1S/C14H18N4O/c1-10(2)13(15)14(19)17-11-8-16-18(9-11)12-6-4-3-5-7-12/h3-10,13H,15H2,1-2H3,(H,17,19)/t13-/m0/s1. The number of hydrogen-bond donors (Lipinski definition) is 2. The van der Waals surface area contributed by atoms with Gasteiger partial charge in [0.2, 0.25) is 5.91 Å². The van der Waals surface area contributed by atoms with E-state index in [1.807, 2.05) is 44.2 Å². The molecule has 0 saturated heterocycles. The summed E-state index contributed by atoms with van der Waals surface area (Å²) in [7, 11) is 0. The first-order chi connectivity index (χ1) is 9.08. The molecule has 0 aliphatic heterocycles. The summed E-state index contributed by atoms with van der Waals surface area (Å²) >= 11 is 0. The molecule has 5 nitrogen and oxygen atoms in total. The first kappa shape index (κ1) is 13.3. The van der Waals surface area contributed by atoms with Gasteiger partial charge in [-0.2, -0.15) is 5.10 Å². The van der Waals surface area contributed by atoms with Crippen molar-refractivity contribution in [3.8, 4) is 5.69 Å². The highest BCUT2D eigenvalue weighted by Crippen LogP contribution is 2.12. The fourth-order valence-electron chi connectivity index (χ4n) is 1.64. The number of anilines is 1. The molecule has 1 aromatic heterocycles. The maximum Gasteiger partial charge on any atom is 0.241 e. The van der Waals surface area contributed by atoms with E-state index in [1.165, 1.54) is 0 Å². The average molecular weight is 258 g/mol. The second-order valence-electron chi connectivity index (χ2n) is 4.77. The number of benzene rings is 1. The maximum absolute atomic E-state index is 11.8. The fourth-order valence-corrected chi connectivity index (χ4v) is 1.64. The lowest BCUT2D eigenvalue weighted by atomic mass is 10.1. The molecule has 0 bridgehead atoms. The van der Waals surface area contributed by atoms with Crippen molar-refractivity contribution in [2.45, 2.75) is 19.9 Å². The molecule has 1 heterocycles. The Labute approximate surface area is 112 Å². The van der Waals surface area contributed by atoms with Crippen LogP contribution in [0.2, 0.25) is 0 Å². The molecule has 0 aliphatic carbocycles. The van der Waals surface area contributed by atoms with Crippen molar-refractivity contribution in [1.29, 1.82) is 0 Å². The number of carbonyl (C=O) groups excluding carboxylic acids is 1. The number of amides is 1. The lowest BCUT2D eigenvalue weighted by Gasteiger charge is -2.14. The number of nitrogens with zero attached hydrogens (tertiary/aromatic N) is 2. The van der Waals surface area contributed by atoms with Crippen LogP contribution in [-0.4, -0.2) is 21.7 Å². The van der Waals surface area contributed by atoms with Crippen LogP contribution in [0, 0.1) is 5.92 Å². The molecule has 3 N–H and O–H groups in total. The first-order valence-electron chi connectivity index (χ1n) is 6.24. The molecule has 100 valence electrons. The number of carbonyl (C=O) groups is 1. The molecule has 2 rings (SSSR count). The van der Waals surface area contributed by atoms with Crippen LogP contribution in [0.3, 0.4) is 0 Å². The van der Waals surface area contributed by atoms with E-state index in [4.69, 9.17) is 5.73 Å². The van der Waals surface area contributed by atoms with E-state index in [9.17, 15) is 4.79 Å². The molecular formula is C14H18N4O. The summed E-state index contributed by atoms with van der Waals surface area (Å²) in [6.45, 7) is 3.83. The molecule has 0 fully saturated rings. The van der Waals surface area contributed by atoms with Crippen molar-refractivity contribution >= 4 is 11.6 Å². The van der Waals surface area contributed by atoms with Crippen LogP contribution in [0.25, 0.3) is 5.69 Å². The first-order valence-corrected chi connectivity index (χ1v) is 6.24. The lowest BCUT2D eigenvalue weighted by molar-refractivity contribution is -0.118. The lowest BCUT2D eigenvalue weighted by Crippen LogP contribution is -2.39. The minimum absolute atomic E-state index is 0.101. The molecular weight excluding hydrogens is 240 g/mol. The van der Waals surface area contributed by atoms with Crippen molar-refractivity contribution in [2.24, 2.45) is 11.7 Å². The van der Waals surface area contributed by atoms with Crippen molar-refractivity contribution in [3.63, 3.8) is 0 Å². The van der Waals surface area contributed by atoms with Gasteiger partial charge in [-0.15, -0.1) is 0 Å². The number of nitrogens with two attached hydrogens (primary N) is 1. The summed E-state index contributed by atoms with van der Waals surface area (Å²) in [6, 6.07) is 9.18. The van der Waals surface area contributed by atoms with Gasteiger partial charge >= 0.3 is 0 Å². The monoisotopic (exact) mass is 258 g/mol. The van der Waals surface area contributed by atoms with E-state index in [0.29, 0.717) is 5.69 Å². The van der Waals surface area contributed by atoms with Gasteiger partial charge in [-0.05, 0) is 18.1 Å². The zero-order valence-electron chi connectivity index (χ0n) is 11.1. The van der Waals surface area contributed by atoms with Gasteiger partial charge in [0.1, 0.15) is 0 Å². The minimum Gasteiger partial charge on any atom is -0.322 e. The van der Waals surface area contributed by atoms with E-state index in [2.05, 4.69) is 10.4 Å². The predicted octanol–water partition coefficient (Wildman–Crippen LogP) is 1.79. The topological polar surface area (TPSA) is 72.9 Å². The molecule has 0 radical (unpaired) electrons. The van der Waals surface area contributed by atoms with Crippen LogP contribution in [0.15, 0.2) is 42.7 Å². The SMILES string of the molecule is CC(C)[C@H](N)C(=O)Nc1cnn(-c2ccccc2)c1. The zero-order valence-corrected chi connectivity index (χ0v) is 11.1. The molecule has 0 unspecified atom stereocenters. The number of para-hydroxylation sites is 1. The van der Waals surface area contributed by atoms with Crippen molar-refractivity contribution in [2.75, 3.05) is 5.32 Å². The molecule has 0 aliphatic rings. The van der Waals surface area contributed by atoms with Gasteiger partial charge in [-0.3, -0.25) is 4.79 Å². The molecule has 0 spiro atoms. The van der Waals surface area contributed by atoms with Crippen molar-refractivity contribution in [1.82, 2.24) is 9.78 Å². The van der Waals surface area contributed by atoms with Gasteiger partial charge in [0.25, 0.3) is 0 Å². The maximum atomic E-state index is 11.8. The zero-order chi connectivity index (χ0) is 13.8. The Bertz CT molecular complexity index is 548. The van der Waals surface area contributed by atoms with Crippen LogP contribution in [0.1, 0.15) is 13.8 Å². The predicted molar refractivity (Wildman–Crippen MR) is 75.0 cm³/mol. The van der Waals surface area contributed by atoms with Crippen molar-refractivity contribution < 1.29 is 4.79 Å². The van der Waals surface area contributed by atoms with Crippen LogP contribution in [0.4, 0.5) is 5.69 Å². The van der Waals surface area contributed by atoms with Gasteiger partial charge in [-0.25, -0.2) is 4.68 Å². The van der Waals surface area contributed by atoms with E-state index in [-0.39, 0.29) is 11.8 Å². The highest BCUT2D eigenvalue weighted by Gasteiger charge is 2.17. The summed E-state index contributed by atoms with van der Waals surface area (Å²) in [4.78, 5) is 11.8. The highest BCUT2D eigenvalue weighted by atomic mass is 16.2. The summed E-state index contributed by atoms with van der Waals surface area (Å²) in [5, 5.41) is 6.97. The summed E-state index contributed by atoms with van der Waals surface area (Å²) in [5.74, 6) is -0.0909. The second-order valence-corrected chi connectivity index (χ2v) is 4.77. The number of aromatic nitrogens is 2. The fraction of sp³-hybridized carbons (Fsp3) is 0.286. The number of rotatable bonds is 4. The van der Waals surface area contributed by atoms with E-state index >= 15 is 0 Å². The van der Waals surface area contributed by atoms with Crippen LogP contribution in [0.5, 0.6) is 0 Å². The van der Waals surface area contributed by atoms with Gasteiger partial charge in [0.05, 0.1) is 29.8 Å².